The van der Waals surface area contributed by atoms with Crippen molar-refractivity contribution in [3.8, 4) is 0 Å². The van der Waals surface area contributed by atoms with Gasteiger partial charge in [-0.3, -0.25) is 0 Å². The maximum absolute atomic E-state index is 5.39. The van der Waals surface area contributed by atoms with E-state index in [1.807, 2.05) is 30.3 Å². The van der Waals surface area contributed by atoms with Crippen molar-refractivity contribution in [3.63, 3.8) is 0 Å². The topological polar surface area (TPSA) is 27.3 Å². The van der Waals surface area contributed by atoms with E-state index in [1.165, 1.54) is 37.2 Å². The van der Waals surface area contributed by atoms with Gasteiger partial charge in [0.25, 0.3) is 0 Å². The molecule has 3 nitrogen and oxygen atoms in total. The maximum atomic E-state index is 5.39. The van der Waals surface area contributed by atoms with Crippen molar-refractivity contribution in [3.05, 3.63) is 60.2 Å². The second-order valence-corrected chi connectivity index (χ2v) is 6.38. The molecule has 0 aromatic heterocycles. The molecular formula is C19H23N3S. The van der Waals surface area contributed by atoms with E-state index in [4.69, 9.17) is 12.2 Å². The van der Waals surface area contributed by atoms with E-state index in [9.17, 15) is 0 Å². The minimum atomic E-state index is 0.173. The van der Waals surface area contributed by atoms with Gasteiger partial charge in [0.1, 0.15) is 0 Å². The summed E-state index contributed by atoms with van der Waals surface area (Å²) in [6.07, 6.45) is 2.61. The number of thiocarbonyl (C=S) groups is 1. The Balaban J connectivity index is 1.57. The van der Waals surface area contributed by atoms with Gasteiger partial charge in [0.15, 0.2) is 5.11 Å². The quantitative estimate of drug-likeness (QED) is 0.818. The van der Waals surface area contributed by atoms with Crippen molar-refractivity contribution < 1.29 is 0 Å². The Morgan fingerprint density at radius 1 is 1.00 bits per heavy atom. The van der Waals surface area contributed by atoms with Gasteiger partial charge in [0.05, 0.1) is 6.04 Å². The zero-order valence-corrected chi connectivity index (χ0v) is 14.3. The van der Waals surface area contributed by atoms with Crippen LogP contribution in [-0.2, 0) is 0 Å². The zero-order valence-electron chi connectivity index (χ0n) is 13.5. The average Bonchev–Trinajstić information content (AvgIpc) is 3.10. The highest BCUT2D eigenvalue weighted by Gasteiger charge is 2.13. The van der Waals surface area contributed by atoms with E-state index >= 15 is 0 Å². The molecule has 0 bridgehead atoms. The Bertz CT molecular complexity index is 633. The molecule has 2 aromatic carbocycles. The van der Waals surface area contributed by atoms with Gasteiger partial charge < -0.3 is 15.5 Å². The average molecular weight is 325 g/mol. The molecule has 23 heavy (non-hydrogen) atoms. The number of hydrogen-bond donors (Lipinski definition) is 2. The first-order chi connectivity index (χ1) is 11.2. The van der Waals surface area contributed by atoms with Crippen molar-refractivity contribution in [1.82, 2.24) is 5.32 Å². The molecule has 1 aliphatic heterocycles. The second kappa shape index (κ2) is 7.47. The third-order valence-electron chi connectivity index (χ3n) is 4.24. The van der Waals surface area contributed by atoms with Crippen LogP contribution in [0, 0.1) is 0 Å². The van der Waals surface area contributed by atoms with Crippen molar-refractivity contribution >= 4 is 28.7 Å². The lowest BCUT2D eigenvalue weighted by molar-refractivity contribution is 0.722. The van der Waals surface area contributed by atoms with E-state index in [2.05, 4.69) is 46.7 Å². The van der Waals surface area contributed by atoms with Crippen LogP contribution in [0.25, 0.3) is 0 Å². The Labute approximate surface area is 143 Å². The number of rotatable bonds is 4. The fraction of sp³-hybridized carbons (Fsp3) is 0.316. The van der Waals surface area contributed by atoms with Crippen molar-refractivity contribution in [2.45, 2.75) is 25.8 Å². The second-order valence-electron chi connectivity index (χ2n) is 5.97. The summed E-state index contributed by atoms with van der Waals surface area (Å²) in [5.41, 5.74) is 3.56. The summed E-state index contributed by atoms with van der Waals surface area (Å²) in [5.74, 6) is 0. The smallest absolute Gasteiger partial charge is 0.171 e. The molecule has 0 amide bonds. The summed E-state index contributed by atoms with van der Waals surface area (Å²) in [7, 11) is 0. The first kappa shape index (κ1) is 15.8. The standard InChI is InChI=1S/C19H23N3S/c1-15(20-19(23)21-17-7-3-2-4-8-17)16-9-11-18(12-10-16)22-13-5-6-14-22/h2-4,7-12,15H,5-6,13-14H2,1H3,(H2,20,21,23)/t15-/m1/s1. The molecular weight excluding hydrogens is 302 g/mol. The molecule has 1 atom stereocenters. The highest BCUT2D eigenvalue weighted by atomic mass is 32.1. The molecule has 0 radical (unpaired) electrons. The number of nitrogens with zero attached hydrogens (tertiary/aromatic N) is 1. The van der Waals surface area contributed by atoms with Gasteiger partial charge in [-0.15, -0.1) is 0 Å². The summed E-state index contributed by atoms with van der Waals surface area (Å²) in [5, 5.41) is 7.20. The highest BCUT2D eigenvalue weighted by Crippen LogP contribution is 2.22. The summed E-state index contributed by atoms with van der Waals surface area (Å²) in [6.45, 7) is 4.49. The van der Waals surface area contributed by atoms with E-state index in [1.54, 1.807) is 0 Å². The SMILES string of the molecule is C[C@@H](NC(=S)Nc1ccccc1)c1ccc(N2CCCC2)cc1. The summed E-state index contributed by atoms with van der Waals surface area (Å²) in [6, 6.07) is 19.0. The first-order valence-corrected chi connectivity index (χ1v) is 8.61. The van der Waals surface area contributed by atoms with Crippen LogP contribution in [0.4, 0.5) is 11.4 Å². The Morgan fingerprint density at radius 2 is 1.65 bits per heavy atom. The predicted molar refractivity (Wildman–Crippen MR) is 102 cm³/mol. The fourth-order valence-corrected chi connectivity index (χ4v) is 3.21. The van der Waals surface area contributed by atoms with Gasteiger partial charge in [0.2, 0.25) is 0 Å². The van der Waals surface area contributed by atoms with Gasteiger partial charge in [-0.1, -0.05) is 30.3 Å². The van der Waals surface area contributed by atoms with Gasteiger partial charge >= 0.3 is 0 Å². The maximum Gasteiger partial charge on any atom is 0.171 e. The summed E-state index contributed by atoms with van der Waals surface area (Å²) < 4.78 is 0. The predicted octanol–water partition coefficient (Wildman–Crippen LogP) is 4.33. The third kappa shape index (κ3) is 4.23. The van der Waals surface area contributed by atoms with Crippen molar-refractivity contribution in [2.75, 3.05) is 23.3 Å². The highest BCUT2D eigenvalue weighted by molar-refractivity contribution is 7.80. The van der Waals surface area contributed by atoms with Gasteiger partial charge in [-0.25, -0.2) is 0 Å². The summed E-state index contributed by atoms with van der Waals surface area (Å²) in [4.78, 5) is 2.45. The lowest BCUT2D eigenvalue weighted by atomic mass is 10.1. The van der Waals surface area contributed by atoms with E-state index in [-0.39, 0.29) is 6.04 Å². The Hall–Kier alpha value is -2.07. The fourth-order valence-electron chi connectivity index (χ4n) is 2.92. The molecule has 1 fully saturated rings. The largest absolute Gasteiger partial charge is 0.372 e. The molecule has 0 unspecified atom stereocenters. The van der Waals surface area contributed by atoms with E-state index < -0.39 is 0 Å². The van der Waals surface area contributed by atoms with Crippen LogP contribution in [0.1, 0.15) is 31.4 Å². The minimum absolute atomic E-state index is 0.173. The van der Waals surface area contributed by atoms with Gasteiger partial charge in [-0.2, -0.15) is 0 Å². The molecule has 120 valence electrons. The number of nitrogens with one attached hydrogen (secondary N) is 2. The van der Waals surface area contributed by atoms with Crippen LogP contribution in [-0.4, -0.2) is 18.2 Å². The van der Waals surface area contributed by atoms with Crippen LogP contribution in [0.15, 0.2) is 54.6 Å². The zero-order chi connectivity index (χ0) is 16.1. The number of anilines is 2. The van der Waals surface area contributed by atoms with E-state index in [0.29, 0.717) is 5.11 Å². The van der Waals surface area contributed by atoms with Gasteiger partial charge in [-0.05, 0) is 61.8 Å². The number of para-hydroxylation sites is 1. The molecule has 4 heteroatoms. The Morgan fingerprint density at radius 3 is 2.30 bits per heavy atom. The molecule has 0 saturated carbocycles. The van der Waals surface area contributed by atoms with Crippen molar-refractivity contribution in [1.29, 1.82) is 0 Å². The third-order valence-corrected chi connectivity index (χ3v) is 4.46. The lowest BCUT2D eigenvalue weighted by Crippen LogP contribution is -2.30. The molecule has 0 aliphatic carbocycles. The normalized spacial score (nSPS) is 15.3. The molecule has 1 heterocycles. The van der Waals surface area contributed by atoms with E-state index in [0.717, 1.165) is 5.69 Å². The van der Waals surface area contributed by atoms with Crippen LogP contribution < -0.4 is 15.5 Å². The van der Waals surface area contributed by atoms with Gasteiger partial charge in [0, 0.05) is 24.5 Å². The van der Waals surface area contributed by atoms with Crippen molar-refractivity contribution in [2.24, 2.45) is 0 Å². The number of benzene rings is 2. The molecule has 2 N–H and O–H groups in total. The summed E-state index contributed by atoms with van der Waals surface area (Å²) >= 11 is 5.39. The van der Waals surface area contributed by atoms with Crippen LogP contribution in [0.5, 0.6) is 0 Å². The molecule has 1 aliphatic rings. The van der Waals surface area contributed by atoms with Crippen LogP contribution in [0.3, 0.4) is 0 Å². The van der Waals surface area contributed by atoms with Crippen LogP contribution >= 0.6 is 12.2 Å². The minimum Gasteiger partial charge on any atom is -0.372 e. The molecule has 0 spiro atoms. The molecule has 3 rings (SSSR count). The first-order valence-electron chi connectivity index (χ1n) is 8.20. The lowest BCUT2D eigenvalue weighted by Gasteiger charge is -2.20. The molecule has 2 aromatic rings. The van der Waals surface area contributed by atoms with Crippen LogP contribution in [0.2, 0.25) is 0 Å². The number of hydrogen-bond acceptors (Lipinski definition) is 2. The molecule has 1 saturated heterocycles. The monoisotopic (exact) mass is 325 g/mol. The Kier molecular flexibility index (Phi) is 5.13.